The summed E-state index contributed by atoms with van der Waals surface area (Å²) in [5, 5.41) is 29.0. The molecule has 0 amide bonds. The number of nitrogens with zero attached hydrogens (tertiary/aromatic N) is 4. The Hall–Kier alpha value is -1.77. The van der Waals surface area contributed by atoms with Crippen molar-refractivity contribution >= 4 is 17.1 Å². The molecule has 0 aliphatic heterocycles. The van der Waals surface area contributed by atoms with Crippen molar-refractivity contribution in [3.8, 4) is 0 Å². The third-order valence-corrected chi connectivity index (χ3v) is 3.31. The maximum absolute atomic E-state index is 9.90. The molecule has 0 spiro atoms. The predicted octanol–water partition coefficient (Wildman–Crippen LogP) is -1.56. The van der Waals surface area contributed by atoms with Crippen molar-refractivity contribution in [2.24, 2.45) is 0 Å². The Kier molecular flexibility index (Phi) is 2.44. The zero-order valence-electron chi connectivity index (χ0n) is 9.38. The summed E-state index contributed by atoms with van der Waals surface area (Å²) >= 11 is 0. The highest BCUT2D eigenvalue weighted by Crippen LogP contribution is 2.32. The van der Waals surface area contributed by atoms with Gasteiger partial charge < -0.3 is 25.6 Å². The first-order chi connectivity index (χ1) is 8.58. The highest BCUT2D eigenvalue weighted by molar-refractivity contribution is 5.70. The first-order valence-corrected chi connectivity index (χ1v) is 5.57. The van der Waals surface area contributed by atoms with E-state index in [2.05, 4.69) is 15.0 Å². The maximum atomic E-state index is 9.90. The molecule has 0 bridgehead atoms. The highest BCUT2D eigenvalue weighted by Gasteiger charge is 2.42. The smallest absolute Gasteiger partial charge is 0.222 e. The van der Waals surface area contributed by atoms with Crippen LogP contribution in [0, 0.1) is 0 Å². The van der Waals surface area contributed by atoms with E-state index in [9.17, 15) is 15.3 Å². The number of imidazole rings is 1. The molecule has 96 valence electrons. The largest absolute Gasteiger partial charge is 0.390 e. The van der Waals surface area contributed by atoms with E-state index in [1.807, 2.05) is 0 Å². The molecule has 0 saturated heterocycles. The van der Waals surface area contributed by atoms with Crippen molar-refractivity contribution in [3.63, 3.8) is 0 Å². The topological polar surface area (TPSA) is 130 Å². The van der Waals surface area contributed by atoms with E-state index in [1.165, 1.54) is 12.5 Å². The van der Waals surface area contributed by atoms with E-state index in [0.29, 0.717) is 11.2 Å². The average Bonchev–Trinajstić information content (AvgIpc) is 2.86. The summed E-state index contributed by atoms with van der Waals surface area (Å²) in [5.74, 6) is 0.109. The fraction of sp³-hybridized carbons (Fsp3) is 0.500. The summed E-state index contributed by atoms with van der Waals surface area (Å²) in [6.07, 6.45) is 0.0409. The molecular formula is C10H13N5O3. The molecule has 1 aliphatic carbocycles. The second-order valence-corrected chi connectivity index (χ2v) is 4.44. The van der Waals surface area contributed by atoms with Crippen LogP contribution in [-0.2, 0) is 0 Å². The molecule has 0 radical (unpaired) electrons. The lowest BCUT2D eigenvalue weighted by atomic mass is 10.2. The number of rotatable bonds is 1. The molecule has 8 heteroatoms. The Morgan fingerprint density at radius 1 is 1.22 bits per heavy atom. The van der Waals surface area contributed by atoms with Crippen LogP contribution in [0.5, 0.6) is 0 Å². The Morgan fingerprint density at radius 3 is 2.67 bits per heavy atom. The summed E-state index contributed by atoms with van der Waals surface area (Å²) < 4.78 is 1.61. The van der Waals surface area contributed by atoms with Crippen molar-refractivity contribution in [2.75, 3.05) is 5.73 Å². The van der Waals surface area contributed by atoms with Gasteiger partial charge in [0.15, 0.2) is 5.65 Å². The van der Waals surface area contributed by atoms with E-state index in [0.717, 1.165) is 0 Å². The van der Waals surface area contributed by atoms with Gasteiger partial charge >= 0.3 is 0 Å². The second-order valence-electron chi connectivity index (χ2n) is 4.44. The van der Waals surface area contributed by atoms with Gasteiger partial charge in [0.05, 0.1) is 24.7 Å². The van der Waals surface area contributed by atoms with Crippen LogP contribution in [0.2, 0.25) is 0 Å². The van der Waals surface area contributed by atoms with Gasteiger partial charge in [-0.3, -0.25) is 0 Å². The van der Waals surface area contributed by atoms with Crippen LogP contribution in [0.4, 0.5) is 5.95 Å². The molecular weight excluding hydrogens is 238 g/mol. The molecule has 2 aromatic rings. The van der Waals surface area contributed by atoms with Gasteiger partial charge in [0.1, 0.15) is 17.7 Å². The van der Waals surface area contributed by atoms with E-state index in [-0.39, 0.29) is 12.4 Å². The van der Waals surface area contributed by atoms with Gasteiger partial charge in [-0.1, -0.05) is 0 Å². The Balaban J connectivity index is 2.07. The van der Waals surface area contributed by atoms with Gasteiger partial charge in [0.25, 0.3) is 0 Å². The molecule has 4 unspecified atom stereocenters. The molecule has 8 nitrogen and oxygen atoms in total. The van der Waals surface area contributed by atoms with Crippen molar-refractivity contribution < 1.29 is 15.3 Å². The fourth-order valence-corrected chi connectivity index (χ4v) is 2.34. The lowest BCUT2D eigenvalue weighted by Gasteiger charge is -2.17. The summed E-state index contributed by atoms with van der Waals surface area (Å²) in [6.45, 7) is 0. The third kappa shape index (κ3) is 1.54. The van der Waals surface area contributed by atoms with Crippen LogP contribution in [0.1, 0.15) is 12.5 Å². The molecule has 18 heavy (non-hydrogen) atoms. The number of nitrogen functional groups attached to an aromatic ring is 1. The first kappa shape index (κ1) is 11.3. The Bertz CT molecular complexity index is 586. The molecule has 1 fully saturated rings. The minimum atomic E-state index is -1.16. The number of hydrogen-bond acceptors (Lipinski definition) is 7. The van der Waals surface area contributed by atoms with Gasteiger partial charge in [0.2, 0.25) is 5.95 Å². The van der Waals surface area contributed by atoms with Gasteiger partial charge in [0, 0.05) is 0 Å². The van der Waals surface area contributed by atoms with Crippen molar-refractivity contribution in [1.29, 1.82) is 0 Å². The van der Waals surface area contributed by atoms with Gasteiger partial charge in [-0.05, 0) is 6.42 Å². The van der Waals surface area contributed by atoms with Crippen LogP contribution in [0.3, 0.4) is 0 Å². The van der Waals surface area contributed by atoms with Crippen molar-refractivity contribution in [3.05, 3.63) is 12.5 Å². The zero-order valence-corrected chi connectivity index (χ0v) is 9.38. The Morgan fingerprint density at radius 2 is 2.00 bits per heavy atom. The number of fused-ring (bicyclic) bond motifs is 1. The molecule has 3 rings (SSSR count). The van der Waals surface area contributed by atoms with Crippen molar-refractivity contribution in [2.45, 2.75) is 30.8 Å². The maximum Gasteiger partial charge on any atom is 0.222 e. The van der Waals surface area contributed by atoms with E-state index >= 15 is 0 Å². The van der Waals surface area contributed by atoms with E-state index < -0.39 is 24.4 Å². The second kappa shape index (κ2) is 3.87. The van der Waals surface area contributed by atoms with E-state index in [1.54, 1.807) is 4.57 Å². The highest BCUT2D eigenvalue weighted by atomic mass is 16.4. The number of aromatic nitrogens is 4. The first-order valence-electron chi connectivity index (χ1n) is 5.57. The summed E-state index contributed by atoms with van der Waals surface area (Å²) in [7, 11) is 0. The molecule has 5 N–H and O–H groups in total. The lowest BCUT2D eigenvalue weighted by molar-refractivity contribution is -0.0244. The predicted molar refractivity (Wildman–Crippen MR) is 61.4 cm³/mol. The standard InChI is InChI=1S/C10H13N5O3/c11-10-12-2-4-9(14-10)15(3-13-4)5-1-6(16)8(18)7(5)17/h2-3,5-8,16-18H,1H2,(H2,11,12,14). The molecule has 1 aliphatic rings. The van der Waals surface area contributed by atoms with Crippen LogP contribution in [0.15, 0.2) is 12.5 Å². The van der Waals surface area contributed by atoms with E-state index in [4.69, 9.17) is 5.73 Å². The van der Waals surface area contributed by atoms with Crippen LogP contribution >= 0.6 is 0 Å². The third-order valence-electron chi connectivity index (χ3n) is 3.31. The molecule has 1 saturated carbocycles. The van der Waals surface area contributed by atoms with Gasteiger partial charge in [-0.15, -0.1) is 0 Å². The number of aliphatic hydroxyl groups excluding tert-OH is 3. The normalized spacial score (nSPS) is 32.2. The summed E-state index contributed by atoms with van der Waals surface area (Å²) in [6, 6.07) is -0.478. The minimum absolute atomic E-state index is 0.109. The number of aliphatic hydroxyl groups is 3. The average molecular weight is 251 g/mol. The number of anilines is 1. The molecule has 2 heterocycles. The van der Waals surface area contributed by atoms with Gasteiger partial charge in [-0.2, -0.15) is 4.98 Å². The molecule has 2 aromatic heterocycles. The van der Waals surface area contributed by atoms with Crippen LogP contribution in [-0.4, -0.2) is 53.2 Å². The fourth-order valence-electron chi connectivity index (χ4n) is 2.34. The minimum Gasteiger partial charge on any atom is -0.390 e. The summed E-state index contributed by atoms with van der Waals surface area (Å²) in [4.78, 5) is 12.0. The monoisotopic (exact) mass is 251 g/mol. The van der Waals surface area contributed by atoms with Crippen molar-refractivity contribution in [1.82, 2.24) is 19.5 Å². The summed E-state index contributed by atoms with van der Waals surface area (Å²) in [5.41, 5.74) is 6.54. The molecule has 0 aromatic carbocycles. The van der Waals surface area contributed by atoms with Crippen LogP contribution in [0.25, 0.3) is 11.2 Å². The van der Waals surface area contributed by atoms with Gasteiger partial charge in [-0.25, -0.2) is 9.97 Å². The lowest BCUT2D eigenvalue weighted by Crippen LogP contribution is -2.31. The Labute approximate surface area is 102 Å². The zero-order chi connectivity index (χ0) is 12.9. The SMILES string of the molecule is Nc1ncc2ncn(C3CC(O)C(O)C3O)c2n1. The number of nitrogens with two attached hydrogens (primary N) is 1. The number of hydrogen-bond donors (Lipinski definition) is 4. The van der Waals surface area contributed by atoms with Crippen LogP contribution < -0.4 is 5.73 Å². The quantitative estimate of drug-likeness (QED) is 0.482. The molecule has 4 atom stereocenters.